The van der Waals surface area contributed by atoms with Gasteiger partial charge in [-0.05, 0) is 25.8 Å². The average Bonchev–Trinajstić information content (AvgIpc) is 2.85. The second kappa shape index (κ2) is 2.46. The molecule has 2 heterocycles. The van der Waals surface area contributed by atoms with Crippen LogP contribution in [-0.4, -0.2) is 31.1 Å². The van der Waals surface area contributed by atoms with E-state index in [0.717, 1.165) is 25.4 Å². The molecule has 1 aliphatic carbocycles. The number of nitrogens with zero attached hydrogens (tertiary/aromatic N) is 1. The summed E-state index contributed by atoms with van der Waals surface area (Å²) in [6.07, 6.45) is 4.13. The Morgan fingerprint density at radius 2 is 2.25 bits per heavy atom. The van der Waals surface area contributed by atoms with Crippen molar-refractivity contribution in [3.8, 4) is 0 Å². The molecule has 66 valence electrons. The summed E-state index contributed by atoms with van der Waals surface area (Å²) in [6, 6.07) is 0.425. The Kier molecular flexibility index (Phi) is 1.41. The van der Waals surface area contributed by atoms with Gasteiger partial charge in [-0.1, -0.05) is 0 Å². The molecule has 0 bridgehead atoms. The summed E-state index contributed by atoms with van der Waals surface area (Å²) in [5.41, 5.74) is 0. The minimum absolute atomic E-state index is 0.404. The van der Waals surface area contributed by atoms with Gasteiger partial charge in [-0.15, -0.1) is 0 Å². The predicted octanol–water partition coefficient (Wildman–Crippen LogP) is 0.556. The summed E-state index contributed by atoms with van der Waals surface area (Å²) in [6.45, 7) is 2.11. The molecule has 0 aromatic rings. The zero-order chi connectivity index (χ0) is 7.97. The summed E-state index contributed by atoms with van der Waals surface area (Å²) in [7, 11) is 0. The third-order valence-corrected chi connectivity index (χ3v) is 2.88. The number of hydrogen-bond donors (Lipinski definition) is 1. The first-order valence-electron chi connectivity index (χ1n) is 4.88. The van der Waals surface area contributed by atoms with Gasteiger partial charge in [-0.25, -0.2) is 4.99 Å². The average molecular weight is 166 g/mol. The van der Waals surface area contributed by atoms with Crippen molar-refractivity contribution in [1.29, 1.82) is 0 Å². The molecule has 0 aromatic heterocycles. The van der Waals surface area contributed by atoms with Gasteiger partial charge in [-0.3, -0.25) is 0 Å². The number of ether oxygens (including phenoxy) is 1. The number of rotatable bonds is 1. The largest absolute Gasteiger partial charge is 0.475 e. The highest BCUT2D eigenvalue weighted by Crippen LogP contribution is 2.35. The summed E-state index contributed by atoms with van der Waals surface area (Å²) < 4.78 is 5.80. The van der Waals surface area contributed by atoms with Crippen LogP contribution < -0.4 is 5.32 Å². The Bertz CT molecular complexity index is 223. The number of nitrogens with one attached hydrogen (secondary N) is 1. The van der Waals surface area contributed by atoms with Crippen molar-refractivity contribution < 1.29 is 4.74 Å². The number of fused-ring (bicyclic) bond motifs is 1. The molecule has 2 atom stereocenters. The molecule has 2 unspecified atom stereocenters. The van der Waals surface area contributed by atoms with Gasteiger partial charge in [0.25, 0.3) is 0 Å². The number of hydrogen-bond acceptors (Lipinski definition) is 3. The van der Waals surface area contributed by atoms with Crippen LogP contribution in [0.4, 0.5) is 0 Å². The van der Waals surface area contributed by atoms with Crippen LogP contribution in [0, 0.1) is 5.92 Å². The molecule has 3 rings (SSSR count). The lowest BCUT2D eigenvalue weighted by Crippen LogP contribution is -2.41. The Balaban J connectivity index is 1.74. The summed E-state index contributed by atoms with van der Waals surface area (Å²) in [4.78, 5) is 4.60. The van der Waals surface area contributed by atoms with Gasteiger partial charge in [-0.2, -0.15) is 0 Å². The van der Waals surface area contributed by atoms with Crippen LogP contribution >= 0.6 is 0 Å². The normalized spacial score (nSPS) is 40.2. The van der Waals surface area contributed by atoms with E-state index in [1.807, 2.05) is 0 Å². The third kappa shape index (κ3) is 1.04. The Hall–Kier alpha value is -0.570. The van der Waals surface area contributed by atoms with Crippen molar-refractivity contribution in [1.82, 2.24) is 5.32 Å². The third-order valence-electron chi connectivity index (χ3n) is 2.88. The quantitative estimate of drug-likeness (QED) is 0.617. The van der Waals surface area contributed by atoms with E-state index in [2.05, 4.69) is 10.3 Å². The van der Waals surface area contributed by atoms with Crippen LogP contribution in [-0.2, 0) is 4.74 Å². The smallest absolute Gasteiger partial charge is 0.187 e. The van der Waals surface area contributed by atoms with E-state index in [-0.39, 0.29) is 0 Å². The van der Waals surface area contributed by atoms with Crippen LogP contribution in [0.2, 0.25) is 0 Å². The highest BCUT2D eigenvalue weighted by Gasteiger charge is 2.39. The van der Waals surface area contributed by atoms with E-state index < -0.39 is 0 Å². The van der Waals surface area contributed by atoms with Gasteiger partial charge < -0.3 is 10.1 Å². The monoisotopic (exact) mass is 166 g/mol. The molecule has 0 spiro atoms. The molecule has 12 heavy (non-hydrogen) atoms. The number of aliphatic imine (C=N–C) groups is 1. The van der Waals surface area contributed by atoms with Gasteiger partial charge in [0.15, 0.2) is 5.90 Å². The highest BCUT2D eigenvalue weighted by molar-refractivity contribution is 5.82. The lowest BCUT2D eigenvalue weighted by Gasteiger charge is -2.23. The van der Waals surface area contributed by atoms with Crippen molar-refractivity contribution >= 4 is 5.90 Å². The summed E-state index contributed by atoms with van der Waals surface area (Å²) in [5, 5.41) is 3.35. The number of piperidine rings is 1. The molecule has 1 saturated carbocycles. The van der Waals surface area contributed by atoms with Crippen LogP contribution in [0.5, 0.6) is 0 Å². The maximum absolute atomic E-state index is 5.80. The molecule has 2 fully saturated rings. The standard InChI is InChI=1S/C9H14N2O/c1-2-6(1)9-11-7-5-10-4-3-8(7)12-9/h6-8,10H,1-5H2. The van der Waals surface area contributed by atoms with Crippen LogP contribution in [0.15, 0.2) is 4.99 Å². The lowest BCUT2D eigenvalue weighted by atomic mass is 10.1. The molecule has 0 aromatic carbocycles. The molecule has 1 N–H and O–H groups in total. The minimum atomic E-state index is 0.404. The van der Waals surface area contributed by atoms with Crippen molar-refractivity contribution in [2.24, 2.45) is 10.9 Å². The van der Waals surface area contributed by atoms with Crippen molar-refractivity contribution in [2.75, 3.05) is 13.1 Å². The summed E-state index contributed by atoms with van der Waals surface area (Å²) in [5.74, 6) is 1.75. The highest BCUT2D eigenvalue weighted by atomic mass is 16.5. The zero-order valence-electron chi connectivity index (χ0n) is 7.12. The van der Waals surface area contributed by atoms with Crippen LogP contribution in [0.25, 0.3) is 0 Å². The van der Waals surface area contributed by atoms with Crippen LogP contribution in [0.1, 0.15) is 19.3 Å². The van der Waals surface area contributed by atoms with Gasteiger partial charge in [0, 0.05) is 12.5 Å². The summed E-state index contributed by atoms with van der Waals surface area (Å²) >= 11 is 0. The van der Waals surface area contributed by atoms with E-state index in [4.69, 9.17) is 4.74 Å². The van der Waals surface area contributed by atoms with E-state index in [0.29, 0.717) is 18.1 Å². The molecule has 0 radical (unpaired) electrons. The topological polar surface area (TPSA) is 33.6 Å². The fraction of sp³-hybridized carbons (Fsp3) is 0.889. The van der Waals surface area contributed by atoms with Crippen molar-refractivity contribution in [3.63, 3.8) is 0 Å². The van der Waals surface area contributed by atoms with Gasteiger partial charge in [0.1, 0.15) is 12.1 Å². The second-order valence-electron chi connectivity index (χ2n) is 3.96. The fourth-order valence-corrected chi connectivity index (χ4v) is 1.97. The first-order chi connectivity index (χ1) is 5.93. The van der Waals surface area contributed by atoms with E-state index in [1.54, 1.807) is 0 Å². The Morgan fingerprint density at radius 1 is 1.33 bits per heavy atom. The first-order valence-corrected chi connectivity index (χ1v) is 4.88. The molecule has 1 saturated heterocycles. The molecular weight excluding hydrogens is 152 g/mol. The Morgan fingerprint density at radius 3 is 3.00 bits per heavy atom. The van der Waals surface area contributed by atoms with Gasteiger partial charge >= 0.3 is 0 Å². The van der Waals surface area contributed by atoms with E-state index >= 15 is 0 Å². The minimum Gasteiger partial charge on any atom is -0.475 e. The first kappa shape index (κ1) is 6.89. The van der Waals surface area contributed by atoms with Gasteiger partial charge in [0.2, 0.25) is 0 Å². The molecule has 2 aliphatic heterocycles. The van der Waals surface area contributed by atoms with E-state index in [1.165, 1.54) is 12.8 Å². The second-order valence-corrected chi connectivity index (χ2v) is 3.96. The maximum atomic E-state index is 5.80. The molecule has 0 amide bonds. The maximum Gasteiger partial charge on any atom is 0.187 e. The molecule has 3 aliphatic rings. The predicted molar refractivity (Wildman–Crippen MR) is 46.3 cm³/mol. The SMILES string of the molecule is C1CC2OC(C3CC3)=NC2CN1. The molecule has 3 heteroatoms. The van der Waals surface area contributed by atoms with E-state index in [9.17, 15) is 0 Å². The molecular formula is C9H14N2O. The lowest BCUT2D eigenvalue weighted by molar-refractivity contribution is 0.156. The van der Waals surface area contributed by atoms with Crippen molar-refractivity contribution in [2.45, 2.75) is 31.4 Å². The van der Waals surface area contributed by atoms with Crippen LogP contribution in [0.3, 0.4) is 0 Å². The zero-order valence-corrected chi connectivity index (χ0v) is 7.12. The Labute approximate surface area is 72.2 Å². The van der Waals surface area contributed by atoms with Gasteiger partial charge in [0.05, 0.1) is 0 Å². The fourth-order valence-electron chi connectivity index (χ4n) is 1.97. The molecule has 3 nitrogen and oxygen atoms in total. The van der Waals surface area contributed by atoms with Crippen molar-refractivity contribution in [3.05, 3.63) is 0 Å².